The molecule has 3 rings (SSSR count). The van der Waals surface area contributed by atoms with Crippen molar-refractivity contribution < 1.29 is 13.9 Å². The third-order valence-electron chi connectivity index (χ3n) is 4.68. The van der Waals surface area contributed by atoms with Crippen LogP contribution in [0.2, 0.25) is 10.0 Å². The number of amides is 1. The molecule has 1 aliphatic heterocycles. The molecular weight excluding hydrogens is 428 g/mol. The van der Waals surface area contributed by atoms with Gasteiger partial charge in [0.05, 0.1) is 15.6 Å². The zero-order chi connectivity index (χ0) is 22.1. The Balaban J connectivity index is 2.07. The third-order valence-corrected chi connectivity index (χ3v) is 5.28. The van der Waals surface area contributed by atoms with Gasteiger partial charge in [0.2, 0.25) is 0 Å². The topological polar surface area (TPSA) is 56.6 Å². The van der Waals surface area contributed by atoms with Gasteiger partial charge in [-0.25, -0.2) is 9.18 Å². The fraction of sp³-hybridized carbons (Fsp3) is 0.364. The molecule has 1 amide bonds. The van der Waals surface area contributed by atoms with Crippen molar-refractivity contribution in [3.63, 3.8) is 0 Å². The van der Waals surface area contributed by atoms with E-state index in [9.17, 15) is 14.4 Å². The molecular formula is C22H22Cl2FN3O2. The molecule has 1 saturated heterocycles. The minimum Gasteiger partial charge on any atom is -0.444 e. The normalized spacial score (nSPS) is 16.3. The van der Waals surface area contributed by atoms with Crippen molar-refractivity contribution in [2.75, 3.05) is 11.4 Å². The number of rotatable bonds is 3. The summed E-state index contributed by atoms with van der Waals surface area (Å²) in [5, 5.41) is 9.45. The van der Waals surface area contributed by atoms with Gasteiger partial charge >= 0.3 is 6.09 Å². The molecule has 1 atom stereocenters. The Kier molecular flexibility index (Phi) is 6.44. The number of anilines is 2. The van der Waals surface area contributed by atoms with Crippen LogP contribution in [-0.2, 0) is 4.74 Å². The number of benzene rings is 2. The van der Waals surface area contributed by atoms with Gasteiger partial charge in [0.15, 0.2) is 0 Å². The maximum Gasteiger partial charge on any atom is 0.411 e. The Morgan fingerprint density at radius 3 is 2.40 bits per heavy atom. The van der Waals surface area contributed by atoms with Crippen molar-refractivity contribution in [3.05, 3.63) is 57.8 Å². The first-order valence-electron chi connectivity index (χ1n) is 9.54. The number of carbonyl (C=O) groups excluding carboxylic acids is 1. The van der Waals surface area contributed by atoms with Gasteiger partial charge in [0.1, 0.15) is 23.7 Å². The number of halogens is 3. The Hall–Kier alpha value is -2.49. The molecule has 0 radical (unpaired) electrons. The first kappa shape index (κ1) is 22.2. The zero-order valence-corrected chi connectivity index (χ0v) is 18.5. The first-order valence-corrected chi connectivity index (χ1v) is 10.3. The van der Waals surface area contributed by atoms with Crippen LogP contribution in [-0.4, -0.2) is 29.3 Å². The van der Waals surface area contributed by atoms with Gasteiger partial charge in [0, 0.05) is 17.9 Å². The Labute approximate surface area is 185 Å². The Bertz CT molecular complexity index is 1000. The molecule has 0 N–H and O–H groups in total. The molecule has 1 unspecified atom stereocenters. The van der Waals surface area contributed by atoms with Crippen LogP contribution in [0.15, 0.2) is 36.4 Å². The van der Waals surface area contributed by atoms with Gasteiger partial charge < -0.3 is 9.64 Å². The van der Waals surface area contributed by atoms with E-state index in [1.54, 1.807) is 29.2 Å². The summed E-state index contributed by atoms with van der Waals surface area (Å²) in [6, 6.07) is 11.4. The maximum atomic E-state index is 13.8. The molecule has 158 valence electrons. The van der Waals surface area contributed by atoms with Gasteiger partial charge in [-0.05, 0) is 70.0 Å². The van der Waals surface area contributed by atoms with E-state index in [1.807, 2.05) is 31.7 Å². The molecule has 2 aromatic rings. The van der Waals surface area contributed by atoms with E-state index >= 15 is 0 Å². The van der Waals surface area contributed by atoms with Crippen molar-refractivity contribution in [1.29, 1.82) is 5.26 Å². The van der Waals surface area contributed by atoms with E-state index in [-0.39, 0.29) is 16.2 Å². The highest BCUT2D eigenvalue weighted by atomic mass is 35.5. The third kappa shape index (κ3) is 4.80. The van der Waals surface area contributed by atoms with Crippen LogP contribution >= 0.6 is 23.2 Å². The van der Waals surface area contributed by atoms with E-state index < -0.39 is 17.5 Å². The van der Waals surface area contributed by atoms with Gasteiger partial charge in [-0.15, -0.1) is 0 Å². The quantitative estimate of drug-likeness (QED) is 0.536. The van der Waals surface area contributed by atoms with Crippen LogP contribution in [0.5, 0.6) is 0 Å². The first-order chi connectivity index (χ1) is 14.1. The molecule has 0 saturated carbocycles. The maximum absolute atomic E-state index is 13.8. The van der Waals surface area contributed by atoms with E-state index in [0.717, 1.165) is 6.42 Å². The van der Waals surface area contributed by atoms with Crippen molar-refractivity contribution in [1.82, 2.24) is 4.90 Å². The standard InChI is InChI=1S/C22H22Cl2FN3O2/c1-22(2,3)30-21(29)27-10-4-5-20(27)28(16-8-9-19(25)18(24)12-16)15-7-6-14(13-26)17(23)11-15/h6-9,11-12,20H,4-5,10H2,1-3H3. The van der Waals surface area contributed by atoms with Crippen LogP contribution in [0.25, 0.3) is 0 Å². The van der Waals surface area contributed by atoms with Crippen molar-refractivity contribution >= 4 is 40.7 Å². The predicted octanol–water partition coefficient (Wildman–Crippen LogP) is 6.50. The summed E-state index contributed by atoms with van der Waals surface area (Å²) in [5.74, 6) is -0.534. The van der Waals surface area contributed by atoms with Crippen molar-refractivity contribution in [2.24, 2.45) is 0 Å². The minimum atomic E-state index is -0.633. The second kappa shape index (κ2) is 8.71. The number of hydrogen-bond donors (Lipinski definition) is 0. The smallest absolute Gasteiger partial charge is 0.411 e. The lowest BCUT2D eigenvalue weighted by Gasteiger charge is -2.37. The lowest BCUT2D eigenvalue weighted by Crippen LogP contribution is -2.47. The SMILES string of the molecule is CC(C)(C)OC(=O)N1CCCC1N(c1ccc(F)c(Cl)c1)c1ccc(C#N)c(Cl)c1. The van der Waals surface area contributed by atoms with Crippen LogP contribution < -0.4 is 4.90 Å². The average Bonchev–Trinajstić information content (AvgIpc) is 3.13. The Morgan fingerprint density at radius 2 is 1.83 bits per heavy atom. The van der Waals surface area contributed by atoms with Crippen LogP contribution in [0.4, 0.5) is 20.6 Å². The van der Waals surface area contributed by atoms with E-state index in [2.05, 4.69) is 0 Å². The summed E-state index contributed by atoms with van der Waals surface area (Å²) in [4.78, 5) is 16.4. The van der Waals surface area contributed by atoms with Gasteiger partial charge in [-0.3, -0.25) is 4.90 Å². The van der Waals surface area contributed by atoms with Crippen LogP contribution in [0, 0.1) is 17.1 Å². The molecule has 8 heteroatoms. The summed E-state index contributed by atoms with van der Waals surface area (Å²) in [5.41, 5.74) is 0.962. The fourth-order valence-corrected chi connectivity index (χ4v) is 3.82. The van der Waals surface area contributed by atoms with Gasteiger partial charge in [-0.2, -0.15) is 5.26 Å². The molecule has 1 aliphatic rings. The Morgan fingerprint density at radius 1 is 1.20 bits per heavy atom. The number of ether oxygens (including phenoxy) is 1. The molecule has 30 heavy (non-hydrogen) atoms. The highest BCUT2D eigenvalue weighted by molar-refractivity contribution is 6.32. The molecule has 1 heterocycles. The lowest BCUT2D eigenvalue weighted by molar-refractivity contribution is 0.0231. The molecule has 0 aliphatic carbocycles. The molecule has 1 fully saturated rings. The molecule has 0 aromatic heterocycles. The van der Waals surface area contributed by atoms with E-state index in [4.69, 9.17) is 27.9 Å². The fourth-order valence-electron chi connectivity index (χ4n) is 3.42. The van der Waals surface area contributed by atoms with E-state index in [0.29, 0.717) is 29.9 Å². The van der Waals surface area contributed by atoms with E-state index in [1.165, 1.54) is 12.1 Å². The molecule has 2 aromatic carbocycles. The summed E-state index contributed by atoms with van der Waals surface area (Å²) < 4.78 is 19.4. The van der Waals surface area contributed by atoms with Crippen LogP contribution in [0.1, 0.15) is 39.2 Å². The summed E-state index contributed by atoms with van der Waals surface area (Å²) in [6.45, 7) is 5.96. The number of nitrogens with zero attached hydrogens (tertiary/aromatic N) is 3. The number of nitriles is 1. The number of carbonyl (C=O) groups is 1. The summed E-state index contributed by atoms with van der Waals surface area (Å²) in [6.07, 6.45) is 0.638. The second-order valence-corrected chi connectivity index (χ2v) is 8.86. The summed E-state index contributed by atoms with van der Waals surface area (Å²) >= 11 is 12.3. The van der Waals surface area contributed by atoms with Gasteiger partial charge in [-0.1, -0.05) is 23.2 Å². The minimum absolute atomic E-state index is 0.0287. The van der Waals surface area contributed by atoms with Crippen molar-refractivity contribution in [3.8, 4) is 6.07 Å². The van der Waals surface area contributed by atoms with Crippen LogP contribution in [0.3, 0.4) is 0 Å². The molecule has 0 spiro atoms. The average molecular weight is 450 g/mol. The second-order valence-electron chi connectivity index (χ2n) is 8.04. The highest BCUT2D eigenvalue weighted by Crippen LogP contribution is 2.37. The lowest BCUT2D eigenvalue weighted by atomic mass is 10.1. The number of likely N-dealkylation sites (tertiary alicyclic amines) is 1. The predicted molar refractivity (Wildman–Crippen MR) is 116 cm³/mol. The monoisotopic (exact) mass is 449 g/mol. The summed E-state index contributed by atoms with van der Waals surface area (Å²) in [7, 11) is 0. The van der Waals surface area contributed by atoms with Gasteiger partial charge in [0.25, 0.3) is 0 Å². The van der Waals surface area contributed by atoms with Crippen molar-refractivity contribution in [2.45, 2.75) is 45.4 Å². The number of hydrogen-bond acceptors (Lipinski definition) is 4. The molecule has 0 bridgehead atoms. The molecule has 5 nitrogen and oxygen atoms in total. The largest absolute Gasteiger partial charge is 0.444 e. The highest BCUT2D eigenvalue weighted by Gasteiger charge is 2.37. The zero-order valence-electron chi connectivity index (χ0n) is 17.0.